The summed E-state index contributed by atoms with van der Waals surface area (Å²) >= 11 is 0. The molecule has 0 radical (unpaired) electrons. The highest BCUT2D eigenvalue weighted by molar-refractivity contribution is 7.88. The number of anilines is 1. The van der Waals surface area contributed by atoms with E-state index < -0.39 is 10.0 Å². The Kier molecular flexibility index (Phi) is 6.71. The lowest BCUT2D eigenvalue weighted by Crippen LogP contribution is -2.47. The molecule has 1 aromatic heterocycles. The summed E-state index contributed by atoms with van der Waals surface area (Å²) in [6.07, 6.45) is 5.43. The third-order valence-corrected chi connectivity index (χ3v) is 6.70. The predicted octanol–water partition coefficient (Wildman–Crippen LogP) is 0.636. The van der Waals surface area contributed by atoms with Crippen molar-refractivity contribution in [2.75, 3.05) is 50.9 Å². The number of hydrogen-bond donors (Lipinski definition) is 2. The van der Waals surface area contributed by atoms with Crippen molar-refractivity contribution >= 4 is 21.8 Å². The maximum atomic E-state index is 13.9. The Balaban J connectivity index is 1.44. The van der Waals surface area contributed by atoms with Crippen molar-refractivity contribution in [1.82, 2.24) is 19.9 Å². The SMILES string of the molecule is CN=C(NCC1CCN(S(C)(=O)=O)CC1)NC1CCN(c2ncccc2F)C1. The van der Waals surface area contributed by atoms with Crippen molar-refractivity contribution in [3.63, 3.8) is 0 Å². The van der Waals surface area contributed by atoms with Crippen LogP contribution in [0.1, 0.15) is 19.3 Å². The van der Waals surface area contributed by atoms with Crippen LogP contribution in [0.4, 0.5) is 10.2 Å². The summed E-state index contributed by atoms with van der Waals surface area (Å²) in [4.78, 5) is 10.4. The van der Waals surface area contributed by atoms with Gasteiger partial charge in [-0.25, -0.2) is 22.1 Å². The van der Waals surface area contributed by atoms with Gasteiger partial charge in [0, 0.05) is 52.0 Å². The van der Waals surface area contributed by atoms with Crippen LogP contribution in [0.15, 0.2) is 23.3 Å². The summed E-state index contributed by atoms with van der Waals surface area (Å²) in [5.74, 6) is 1.23. The first kappa shape index (κ1) is 20.8. The van der Waals surface area contributed by atoms with Gasteiger partial charge in [0.1, 0.15) is 0 Å². The molecule has 1 atom stereocenters. The first-order valence-electron chi connectivity index (χ1n) is 9.64. The van der Waals surface area contributed by atoms with Crippen LogP contribution < -0.4 is 15.5 Å². The third-order valence-electron chi connectivity index (χ3n) is 5.39. The van der Waals surface area contributed by atoms with E-state index in [1.54, 1.807) is 23.6 Å². The fourth-order valence-electron chi connectivity index (χ4n) is 3.75. The van der Waals surface area contributed by atoms with E-state index in [0.717, 1.165) is 38.3 Å². The van der Waals surface area contributed by atoms with E-state index >= 15 is 0 Å². The fraction of sp³-hybridized carbons (Fsp3) is 0.667. The van der Waals surface area contributed by atoms with Crippen LogP contribution >= 0.6 is 0 Å². The molecule has 0 spiro atoms. The molecule has 0 bridgehead atoms. The molecule has 3 rings (SSSR count). The average Bonchev–Trinajstić information content (AvgIpc) is 3.13. The van der Waals surface area contributed by atoms with Gasteiger partial charge in [0.05, 0.1) is 6.26 Å². The molecule has 2 fully saturated rings. The molecule has 0 saturated carbocycles. The highest BCUT2D eigenvalue weighted by Gasteiger charge is 2.27. The zero-order valence-corrected chi connectivity index (χ0v) is 17.3. The number of aliphatic imine (C=N–C) groups is 1. The molecule has 3 heterocycles. The summed E-state index contributed by atoms with van der Waals surface area (Å²) < 4.78 is 38.7. The summed E-state index contributed by atoms with van der Waals surface area (Å²) in [5.41, 5.74) is 0. The second-order valence-electron chi connectivity index (χ2n) is 7.44. The molecule has 0 amide bonds. The Morgan fingerprint density at radius 2 is 2.07 bits per heavy atom. The number of aromatic nitrogens is 1. The molecule has 2 aliphatic heterocycles. The van der Waals surface area contributed by atoms with Crippen LogP contribution in [0.25, 0.3) is 0 Å². The van der Waals surface area contributed by atoms with E-state index in [2.05, 4.69) is 20.6 Å². The molecule has 2 saturated heterocycles. The van der Waals surface area contributed by atoms with Gasteiger partial charge in [-0.2, -0.15) is 0 Å². The van der Waals surface area contributed by atoms with E-state index in [1.165, 1.54) is 12.3 Å². The number of pyridine rings is 1. The summed E-state index contributed by atoms with van der Waals surface area (Å²) in [6.45, 7) is 3.31. The largest absolute Gasteiger partial charge is 0.356 e. The van der Waals surface area contributed by atoms with Crippen LogP contribution in [0.5, 0.6) is 0 Å². The van der Waals surface area contributed by atoms with Crippen LogP contribution in [-0.4, -0.2) is 75.7 Å². The summed E-state index contributed by atoms with van der Waals surface area (Å²) in [7, 11) is -1.36. The Morgan fingerprint density at radius 3 is 2.71 bits per heavy atom. The topological polar surface area (TPSA) is 89.9 Å². The zero-order chi connectivity index (χ0) is 20.1. The Bertz CT molecular complexity index is 795. The van der Waals surface area contributed by atoms with Crippen molar-refractivity contribution in [3.05, 3.63) is 24.1 Å². The van der Waals surface area contributed by atoms with Gasteiger partial charge in [-0.05, 0) is 37.3 Å². The molecular weight excluding hydrogens is 383 g/mol. The molecule has 2 aliphatic rings. The number of nitrogens with zero attached hydrogens (tertiary/aromatic N) is 4. The fourth-order valence-corrected chi connectivity index (χ4v) is 4.63. The molecule has 10 heteroatoms. The first-order chi connectivity index (χ1) is 13.4. The van der Waals surface area contributed by atoms with Gasteiger partial charge >= 0.3 is 0 Å². The maximum Gasteiger partial charge on any atom is 0.211 e. The maximum absolute atomic E-state index is 13.9. The minimum absolute atomic E-state index is 0.166. The molecule has 28 heavy (non-hydrogen) atoms. The molecule has 1 aromatic rings. The quantitative estimate of drug-likeness (QED) is 0.545. The van der Waals surface area contributed by atoms with Gasteiger partial charge in [0.2, 0.25) is 10.0 Å². The Labute approximate surface area is 166 Å². The van der Waals surface area contributed by atoms with E-state index in [-0.39, 0.29) is 11.9 Å². The standard InChI is InChI=1S/C18H29FN6O2S/c1-20-18(22-12-14-5-10-25(11-6-14)28(2,26)27)23-15-7-9-24(13-15)17-16(19)4-3-8-21-17/h3-4,8,14-15H,5-7,9-13H2,1-2H3,(H2,20,22,23). The normalized spacial score (nSPS) is 22.5. The van der Waals surface area contributed by atoms with E-state index in [9.17, 15) is 12.8 Å². The van der Waals surface area contributed by atoms with Gasteiger partial charge in [-0.3, -0.25) is 4.99 Å². The summed E-state index contributed by atoms with van der Waals surface area (Å²) in [5, 5.41) is 6.75. The molecule has 0 aromatic carbocycles. The second-order valence-corrected chi connectivity index (χ2v) is 9.43. The third kappa shape index (κ3) is 5.32. The minimum atomic E-state index is -3.09. The molecular formula is C18H29FN6O2S. The number of sulfonamides is 1. The van der Waals surface area contributed by atoms with Gasteiger partial charge in [0.15, 0.2) is 17.6 Å². The van der Waals surface area contributed by atoms with Gasteiger partial charge in [0.25, 0.3) is 0 Å². The number of hydrogen-bond acceptors (Lipinski definition) is 5. The average molecular weight is 413 g/mol. The Morgan fingerprint density at radius 1 is 1.32 bits per heavy atom. The van der Waals surface area contributed by atoms with Crippen LogP contribution in [0, 0.1) is 11.7 Å². The van der Waals surface area contributed by atoms with Gasteiger partial charge in [-0.15, -0.1) is 0 Å². The predicted molar refractivity (Wildman–Crippen MR) is 108 cm³/mol. The van der Waals surface area contributed by atoms with Gasteiger partial charge < -0.3 is 15.5 Å². The van der Waals surface area contributed by atoms with Gasteiger partial charge in [-0.1, -0.05) is 0 Å². The van der Waals surface area contributed by atoms with Crippen LogP contribution in [0.3, 0.4) is 0 Å². The molecule has 1 unspecified atom stereocenters. The Hall–Kier alpha value is -1.94. The van der Waals surface area contributed by atoms with Crippen molar-refractivity contribution < 1.29 is 12.8 Å². The van der Waals surface area contributed by atoms with Crippen molar-refractivity contribution in [2.45, 2.75) is 25.3 Å². The summed E-state index contributed by atoms with van der Waals surface area (Å²) in [6, 6.07) is 3.19. The molecule has 2 N–H and O–H groups in total. The smallest absolute Gasteiger partial charge is 0.211 e. The molecule has 0 aliphatic carbocycles. The van der Waals surface area contributed by atoms with Crippen LogP contribution in [0.2, 0.25) is 0 Å². The van der Waals surface area contributed by atoms with E-state index in [0.29, 0.717) is 31.4 Å². The number of piperidine rings is 1. The number of nitrogens with one attached hydrogen (secondary N) is 2. The second kappa shape index (κ2) is 9.04. The number of halogens is 1. The lowest BCUT2D eigenvalue weighted by molar-refractivity contribution is 0.274. The lowest BCUT2D eigenvalue weighted by atomic mass is 9.98. The van der Waals surface area contributed by atoms with Crippen molar-refractivity contribution in [1.29, 1.82) is 0 Å². The van der Waals surface area contributed by atoms with E-state index in [1.807, 2.05) is 4.90 Å². The van der Waals surface area contributed by atoms with Crippen LogP contribution in [-0.2, 0) is 10.0 Å². The highest BCUT2D eigenvalue weighted by atomic mass is 32.2. The van der Waals surface area contributed by atoms with Crippen molar-refractivity contribution in [2.24, 2.45) is 10.9 Å². The number of rotatable bonds is 5. The molecule has 8 nitrogen and oxygen atoms in total. The monoisotopic (exact) mass is 412 g/mol. The number of guanidine groups is 1. The van der Waals surface area contributed by atoms with E-state index in [4.69, 9.17) is 0 Å². The first-order valence-corrected chi connectivity index (χ1v) is 11.5. The molecule has 156 valence electrons. The zero-order valence-electron chi connectivity index (χ0n) is 16.4. The highest BCUT2D eigenvalue weighted by Crippen LogP contribution is 2.21. The minimum Gasteiger partial charge on any atom is -0.356 e. The van der Waals surface area contributed by atoms with Crippen molar-refractivity contribution in [3.8, 4) is 0 Å². The lowest BCUT2D eigenvalue weighted by Gasteiger charge is -2.30.